The van der Waals surface area contributed by atoms with Gasteiger partial charge >= 0.3 is 0 Å². The minimum atomic E-state index is -1.32. The van der Waals surface area contributed by atoms with Crippen molar-refractivity contribution in [2.24, 2.45) is 0 Å². The van der Waals surface area contributed by atoms with Gasteiger partial charge in [0.15, 0.2) is 18.3 Å². The van der Waals surface area contributed by atoms with Crippen LogP contribution in [0.25, 0.3) is 0 Å². The number of nitrogens with zero attached hydrogens (tertiary/aromatic N) is 3. The van der Waals surface area contributed by atoms with Crippen LogP contribution in [0.2, 0.25) is 0 Å². The van der Waals surface area contributed by atoms with E-state index in [0.717, 1.165) is 12.8 Å². The Morgan fingerprint density at radius 3 is 2.50 bits per heavy atom. The minimum Gasteiger partial charge on any atom is -0.294 e. The van der Waals surface area contributed by atoms with Gasteiger partial charge in [-0.3, -0.25) is 4.79 Å². The molecular formula is C15H14F3N3O. The normalized spacial score (nSPS) is 22.7. The van der Waals surface area contributed by atoms with Crippen molar-refractivity contribution in [3.8, 4) is 0 Å². The van der Waals surface area contributed by atoms with Crippen molar-refractivity contribution in [1.82, 2.24) is 14.8 Å². The van der Waals surface area contributed by atoms with Gasteiger partial charge in [0.2, 0.25) is 5.82 Å². The summed E-state index contributed by atoms with van der Waals surface area (Å²) in [5.74, 6) is -0.398. The molecular weight excluding hydrogens is 295 g/mol. The number of halogens is 3. The first-order valence-corrected chi connectivity index (χ1v) is 7.04. The molecule has 2 unspecified atom stereocenters. The predicted molar refractivity (Wildman–Crippen MR) is 72.5 cm³/mol. The number of aromatic nitrogens is 3. The van der Waals surface area contributed by atoms with Gasteiger partial charge in [0.25, 0.3) is 0 Å². The van der Waals surface area contributed by atoms with E-state index in [1.807, 2.05) is 0 Å². The molecule has 4 nitrogen and oxygen atoms in total. The first-order valence-electron chi connectivity index (χ1n) is 7.04. The first-order chi connectivity index (χ1) is 10.6. The maximum Gasteiger partial charge on any atom is 0.214 e. The van der Waals surface area contributed by atoms with E-state index in [0.29, 0.717) is 11.8 Å². The number of rotatable bonds is 2. The Morgan fingerprint density at radius 2 is 1.91 bits per heavy atom. The number of hydrogen-bond donors (Lipinski definition) is 0. The van der Waals surface area contributed by atoms with Crippen LogP contribution in [0.1, 0.15) is 53.5 Å². The summed E-state index contributed by atoms with van der Waals surface area (Å²) in [5, 5.41) is 3.89. The van der Waals surface area contributed by atoms with E-state index >= 15 is 0 Å². The molecule has 4 rings (SSSR count). The second-order valence-electron chi connectivity index (χ2n) is 5.31. The Kier molecular flexibility index (Phi) is 3.96. The van der Waals surface area contributed by atoms with Crippen molar-refractivity contribution in [3.05, 3.63) is 47.3 Å². The van der Waals surface area contributed by atoms with E-state index in [4.69, 9.17) is 0 Å². The molecule has 2 aliphatic rings. The van der Waals surface area contributed by atoms with Crippen LogP contribution in [0.3, 0.4) is 0 Å². The van der Waals surface area contributed by atoms with Crippen molar-refractivity contribution in [1.29, 1.82) is 0 Å². The van der Waals surface area contributed by atoms with Crippen LogP contribution in [0.5, 0.6) is 0 Å². The zero-order valence-electron chi connectivity index (χ0n) is 11.6. The Balaban J connectivity index is 0.000000313. The van der Waals surface area contributed by atoms with Crippen LogP contribution < -0.4 is 0 Å². The second-order valence-corrected chi connectivity index (χ2v) is 5.31. The number of fused-ring (bicyclic) bond motifs is 1. The van der Waals surface area contributed by atoms with Crippen molar-refractivity contribution in [3.63, 3.8) is 0 Å². The molecule has 1 aliphatic heterocycles. The fourth-order valence-electron chi connectivity index (χ4n) is 2.31. The predicted octanol–water partition coefficient (Wildman–Crippen LogP) is 3.35. The van der Waals surface area contributed by atoms with Crippen LogP contribution in [0.15, 0.2) is 24.3 Å². The van der Waals surface area contributed by atoms with Crippen LogP contribution in [0, 0.1) is 5.82 Å². The summed E-state index contributed by atoms with van der Waals surface area (Å²) in [6.45, 7) is 0. The molecule has 7 heteroatoms. The van der Waals surface area contributed by atoms with Gasteiger partial charge in [-0.15, -0.1) is 5.10 Å². The summed E-state index contributed by atoms with van der Waals surface area (Å²) in [7, 11) is 0. The van der Waals surface area contributed by atoms with Crippen LogP contribution in [-0.2, 0) is 0 Å². The van der Waals surface area contributed by atoms with Crippen molar-refractivity contribution in [2.45, 2.75) is 37.6 Å². The summed E-state index contributed by atoms with van der Waals surface area (Å²) < 4.78 is 39.9. The maximum atomic E-state index is 13.8. The van der Waals surface area contributed by atoms with Crippen molar-refractivity contribution >= 4 is 6.29 Å². The Hall–Kier alpha value is -2.18. The van der Waals surface area contributed by atoms with Crippen molar-refractivity contribution in [2.75, 3.05) is 0 Å². The lowest BCUT2D eigenvalue weighted by Gasteiger charge is -2.12. The van der Waals surface area contributed by atoms with Gasteiger partial charge in [0.1, 0.15) is 12.0 Å². The van der Waals surface area contributed by atoms with Gasteiger partial charge in [-0.2, -0.15) is 0 Å². The quantitative estimate of drug-likeness (QED) is 0.799. The molecule has 0 radical (unpaired) electrons. The largest absolute Gasteiger partial charge is 0.294 e. The summed E-state index contributed by atoms with van der Waals surface area (Å²) in [6.07, 6.45) is 0.446. The highest BCUT2D eigenvalue weighted by Gasteiger charge is 2.36. The molecule has 2 heterocycles. The Bertz CT molecular complexity index is 684. The molecule has 0 saturated heterocycles. The van der Waals surface area contributed by atoms with Gasteiger partial charge in [0, 0.05) is 12.0 Å². The Labute approximate surface area is 125 Å². The number of benzene rings is 1. The van der Waals surface area contributed by atoms with Crippen LogP contribution in [0.4, 0.5) is 13.2 Å². The monoisotopic (exact) mass is 309 g/mol. The molecule has 0 bridgehead atoms. The minimum absolute atomic E-state index is 0.0753. The van der Waals surface area contributed by atoms with E-state index in [1.54, 1.807) is 18.2 Å². The molecule has 2 aromatic rings. The molecule has 1 aromatic carbocycles. The topological polar surface area (TPSA) is 47.8 Å². The maximum absolute atomic E-state index is 13.8. The van der Waals surface area contributed by atoms with Crippen LogP contribution in [-0.4, -0.2) is 27.2 Å². The lowest BCUT2D eigenvalue weighted by atomic mass is 10.0. The van der Waals surface area contributed by atoms with Gasteiger partial charge < -0.3 is 0 Å². The highest BCUT2D eigenvalue weighted by atomic mass is 19.1. The zero-order chi connectivity index (χ0) is 15.7. The number of alkyl halides is 2. The molecule has 1 saturated carbocycles. The molecule has 0 spiro atoms. The highest BCUT2D eigenvalue weighted by molar-refractivity contribution is 5.68. The van der Waals surface area contributed by atoms with Gasteiger partial charge in [0.05, 0.1) is 6.04 Å². The first kappa shape index (κ1) is 14.7. The zero-order valence-corrected chi connectivity index (χ0v) is 11.6. The van der Waals surface area contributed by atoms with Gasteiger partial charge in [-0.1, -0.05) is 18.2 Å². The summed E-state index contributed by atoms with van der Waals surface area (Å²) in [4.78, 5) is 14.4. The van der Waals surface area contributed by atoms with E-state index in [1.165, 1.54) is 10.7 Å². The van der Waals surface area contributed by atoms with E-state index in [-0.39, 0.29) is 18.1 Å². The van der Waals surface area contributed by atoms with E-state index < -0.39 is 24.2 Å². The molecule has 22 heavy (non-hydrogen) atoms. The number of hydrogen-bond acceptors (Lipinski definition) is 3. The summed E-state index contributed by atoms with van der Waals surface area (Å²) >= 11 is 0. The molecule has 0 N–H and O–H groups in total. The fourth-order valence-corrected chi connectivity index (χ4v) is 2.31. The van der Waals surface area contributed by atoms with E-state index in [2.05, 4.69) is 10.1 Å². The lowest BCUT2D eigenvalue weighted by Crippen LogP contribution is -2.09. The van der Waals surface area contributed by atoms with E-state index in [9.17, 15) is 18.0 Å². The Morgan fingerprint density at radius 1 is 1.23 bits per heavy atom. The third-order valence-electron chi connectivity index (χ3n) is 3.56. The second kappa shape index (κ2) is 5.90. The SMILES string of the molecule is FC1CC1.O=Cc1nc2n(n1)C(c1ccccc1F)CC2F. The van der Waals surface area contributed by atoms with Gasteiger partial charge in [-0.25, -0.2) is 22.8 Å². The number of carbonyl (C=O) groups is 1. The third kappa shape index (κ3) is 2.88. The lowest BCUT2D eigenvalue weighted by molar-refractivity contribution is 0.111. The molecule has 1 aromatic heterocycles. The molecule has 0 amide bonds. The number of carbonyl (C=O) groups excluding carboxylic acids is 1. The molecule has 2 atom stereocenters. The average molecular weight is 309 g/mol. The number of aldehydes is 1. The smallest absolute Gasteiger partial charge is 0.214 e. The summed E-state index contributed by atoms with van der Waals surface area (Å²) in [5.41, 5.74) is 0.362. The standard InChI is InChI=1S/C12H9F2N3O.C3H5F/c13-8-4-2-1-3-7(8)10-5-9(14)12-15-11(6-18)16-17(10)12;4-3-1-2-3/h1-4,6,9-10H,5H2;3H,1-2H2. The van der Waals surface area contributed by atoms with Gasteiger partial charge in [-0.05, 0) is 18.9 Å². The van der Waals surface area contributed by atoms with Crippen molar-refractivity contribution < 1.29 is 18.0 Å². The average Bonchev–Trinajstić information content (AvgIpc) is 3.08. The highest BCUT2D eigenvalue weighted by Crippen LogP contribution is 2.39. The van der Waals surface area contributed by atoms with Crippen LogP contribution >= 0.6 is 0 Å². The summed E-state index contributed by atoms with van der Waals surface area (Å²) in [6, 6.07) is 5.61. The molecule has 1 fully saturated rings. The fraction of sp³-hybridized carbons (Fsp3) is 0.400. The molecule has 1 aliphatic carbocycles. The third-order valence-corrected chi connectivity index (χ3v) is 3.56. The molecule has 116 valence electrons.